The van der Waals surface area contributed by atoms with E-state index in [9.17, 15) is 4.79 Å². The van der Waals surface area contributed by atoms with Gasteiger partial charge in [-0.3, -0.25) is 0 Å². The number of aromatic nitrogens is 1. The number of hydrogen-bond acceptors (Lipinski definition) is 4. The van der Waals surface area contributed by atoms with Gasteiger partial charge in [0.05, 0.1) is 7.11 Å². The molecular formula is C12H19NO3. The van der Waals surface area contributed by atoms with Gasteiger partial charge in [0.15, 0.2) is 5.69 Å². The molecule has 0 aliphatic heterocycles. The summed E-state index contributed by atoms with van der Waals surface area (Å²) in [5.74, 6) is 0.858. The molecule has 0 fully saturated rings. The van der Waals surface area contributed by atoms with Crippen molar-refractivity contribution in [2.75, 3.05) is 7.11 Å². The second-order valence-corrected chi connectivity index (χ2v) is 4.27. The summed E-state index contributed by atoms with van der Waals surface area (Å²) in [6.07, 6.45) is 2.58. The van der Waals surface area contributed by atoms with Gasteiger partial charge in [0.25, 0.3) is 0 Å². The number of nitrogens with zero attached hydrogens (tertiary/aromatic N) is 1. The number of ether oxygens (including phenoxy) is 1. The van der Waals surface area contributed by atoms with E-state index in [2.05, 4.69) is 30.7 Å². The molecule has 0 unspecified atom stereocenters. The van der Waals surface area contributed by atoms with E-state index in [1.165, 1.54) is 7.11 Å². The average Bonchev–Trinajstić information content (AvgIpc) is 2.61. The highest BCUT2D eigenvalue weighted by atomic mass is 16.5. The quantitative estimate of drug-likeness (QED) is 0.723. The summed E-state index contributed by atoms with van der Waals surface area (Å²) < 4.78 is 9.90. The van der Waals surface area contributed by atoms with Crippen LogP contribution in [0.5, 0.6) is 0 Å². The third-order valence-corrected chi connectivity index (χ3v) is 2.34. The molecule has 0 bridgehead atoms. The Morgan fingerprint density at radius 2 is 2.19 bits per heavy atom. The number of methoxy groups -OCH3 is 1. The van der Waals surface area contributed by atoms with E-state index in [4.69, 9.17) is 4.52 Å². The molecule has 0 amide bonds. The Morgan fingerprint density at radius 3 is 2.69 bits per heavy atom. The summed E-state index contributed by atoms with van der Waals surface area (Å²) in [7, 11) is 1.36. The molecule has 0 spiro atoms. The lowest BCUT2D eigenvalue weighted by Crippen LogP contribution is -2.08. The van der Waals surface area contributed by atoms with Crippen LogP contribution in [0.4, 0.5) is 0 Å². The van der Waals surface area contributed by atoms with Crippen LogP contribution in [0.2, 0.25) is 0 Å². The standard InChI is InChI=1S/C12H19NO3/c1-5-6-10-9(7-8(2)3)11(13-16-10)12(14)15-4/h8H,5-7H2,1-4H3. The highest BCUT2D eigenvalue weighted by Crippen LogP contribution is 2.20. The second kappa shape index (κ2) is 5.68. The van der Waals surface area contributed by atoms with Crippen molar-refractivity contribution in [2.24, 2.45) is 5.92 Å². The first kappa shape index (κ1) is 12.7. The predicted octanol–water partition coefficient (Wildman–Crippen LogP) is 2.61. The van der Waals surface area contributed by atoms with E-state index >= 15 is 0 Å². The van der Waals surface area contributed by atoms with E-state index in [0.29, 0.717) is 11.6 Å². The van der Waals surface area contributed by atoms with Gasteiger partial charge in [-0.2, -0.15) is 0 Å². The Balaban J connectivity index is 3.03. The Hall–Kier alpha value is -1.32. The SMILES string of the molecule is CCCc1onc(C(=O)OC)c1CC(C)C. The summed E-state index contributed by atoms with van der Waals surface area (Å²) >= 11 is 0. The van der Waals surface area contributed by atoms with E-state index in [0.717, 1.165) is 30.6 Å². The summed E-state index contributed by atoms with van der Waals surface area (Å²) in [6.45, 7) is 6.27. The molecule has 4 heteroatoms. The van der Waals surface area contributed by atoms with Gasteiger partial charge in [-0.1, -0.05) is 25.9 Å². The van der Waals surface area contributed by atoms with E-state index in [1.54, 1.807) is 0 Å². The normalized spacial score (nSPS) is 10.8. The van der Waals surface area contributed by atoms with Crippen molar-refractivity contribution < 1.29 is 14.1 Å². The fourth-order valence-electron chi connectivity index (χ4n) is 1.64. The van der Waals surface area contributed by atoms with Gasteiger partial charge in [-0.15, -0.1) is 0 Å². The molecule has 90 valence electrons. The second-order valence-electron chi connectivity index (χ2n) is 4.27. The number of carbonyl (C=O) groups is 1. The van der Waals surface area contributed by atoms with Crippen molar-refractivity contribution >= 4 is 5.97 Å². The molecule has 1 heterocycles. The van der Waals surface area contributed by atoms with Gasteiger partial charge in [0.1, 0.15) is 5.76 Å². The van der Waals surface area contributed by atoms with Gasteiger partial charge in [0, 0.05) is 12.0 Å². The first-order valence-electron chi connectivity index (χ1n) is 5.65. The Bertz CT molecular complexity index is 355. The van der Waals surface area contributed by atoms with Crippen molar-refractivity contribution in [3.8, 4) is 0 Å². The third-order valence-electron chi connectivity index (χ3n) is 2.34. The number of rotatable bonds is 5. The number of esters is 1. The average molecular weight is 225 g/mol. The predicted molar refractivity (Wildman–Crippen MR) is 60.4 cm³/mol. The summed E-state index contributed by atoms with van der Waals surface area (Å²) in [6, 6.07) is 0. The molecule has 0 saturated carbocycles. The summed E-state index contributed by atoms with van der Waals surface area (Å²) in [4.78, 5) is 11.5. The highest BCUT2D eigenvalue weighted by Gasteiger charge is 2.22. The van der Waals surface area contributed by atoms with E-state index in [1.807, 2.05) is 0 Å². The van der Waals surface area contributed by atoms with Crippen LogP contribution in [-0.4, -0.2) is 18.2 Å². The van der Waals surface area contributed by atoms with Crippen LogP contribution in [0.25, 0.3) is 0 Å². The minimum Gasteiger partial charge on any atom is -0.464 e. The Morgan fingerprint density at radius 1 is 1.50 bits per heavy atom. The monoisotopic (exact) mass is 225 g/mol. The smallest absolute Gasteiger partial charge is 0.360 e. The van der Waals surface area contributed by atoms with Crippen LogP contribution in [0.1, 0.15) is 49.0 Å². The van der Waals surface area contributed by atoms with Crippen molar-refractivity contribution in [3.63, 3.8) is 0 Å². The molecule has 0 saturated heterocycles. The van der Waals surface area contributed by atoms with Crippen LogP contribution < -0.4 is 0 Å². The lowest BCUT2D eigenvalue weighted by molar-refractivity contribution is 0.0588. The molecule has 4 nitrogen and oxygen atoms in total. The largest absolute Gasteiger partial charge is 0.464 e. The van der Waals surface area contributed by atoms with Crippen molar-refractivity contribution in [1.29, 1.82) is 0 Å². The molecule has 0 aromatic carbocycles. The van der Waals surface area contributed by atoms with Crippen molar-refractivity contribution in [2.45, 2.75) is 40.0 Å². The van der Waals surface area contributed by atoms with Crippen LogP contribution in [-0.2, 0) is 17.6 Å². The van der Waals surface area contributed by atoms with Crippen LogP contribution >= 0.6 is 0 Å². The molecule has 1 aromatic rings. The zero-order valence-electron chi connectivity index (χ0n) is 10.4. The number of hydrogen-bond donors (Lipinski definition) is 0. The van der Waals surface area contributed by atoms with Gasteiger partial charge < -0.3 is 9.26 Å². The van der Waals surface area contributed by atoms with Crippen LogP contribution in [0.3, 0.4) is 0 Å². The maximum Gasteiger partial charge on any atom is 0.360 e. The van der Waals surface area contributed by atoms with Crippen molar-refractivity contribution in [3.05, 3.63) is 17.0 Å². The van der Waals surface area contributed by atoms with Crippen LogP contribution in [0, 0.1) is 5.92 Å². The lowest BCUT2D eigenvalue weighted by Gasteiger charge is -2.05. The molecular weight excluding hydrogens is 206 g/mol. The van der Waals surface area contributed by atoms with Gasteiger partial charge >= 0.3 is 5.97 Å². The summed E-state index contributed by atoms with van der Waals surface area (Å²) in [5, 5.41) is 3.81. The molecule has 0 atom stereocenters. The first-order valence-corrected chi connectivity index (χ1v) is 5.65. The molecule has 16 heavy (non-hydrogen) atoms. The van der Waals surface area contributed by atoms with Crippen molar-refractivity contribution in [1.82, 2.24) is 5.16 Å². The molecule has 1 rings (SSSR count). The third kappa shape index (κ3) is 2.84. The molecule has 0 radical (unpaired) electrons. The molecule has 1 aromatic heterocycles. The highest BCUT2D eigenvalue weighted by molar-refractivity contribution is 5.88. The minimum atomic E-state index is -0.415. The van der Waals surface area contributed by atoms with E-state index < -0.39 is 5.97 Å². The maximum absolute atomic E-state index is 11.5. The fraction of sp³-hybridized carbons (Fsp3) is 0.667. The molecule has 0 N–H and O–H groups in total. The minimum absolute atomic E-state index is 0.333. The first-order chi connectivity index (χ1) is 7.60. The van der Waals surface area contributed by atoms with Crippen LogP contribution in [0.15, 0.2) is 4.52 Å². The van der Waals surface area contributed by atoms with E-state index in [-0.39, 0.29) is 0 Å². The molecule has 0 aliphatic carbocycles. The zero-order valence-corrected chi connectivity index (χ0v) is 10.4. The lowest BCUT2D eigenvalue weighted by atomic mass is 9.99. The van der Waals surface area contributed by atoms with Gasteiger partial charge in [0.2, 0.25) is 0 Å². The zero-order chi connectivity index (χ0) is 12.1. The maximum atomic E-state index is 11.5. The van der Waals surface area contributed by atoms with Gasteiger partial charge in [-0.25, -0.2) is 4.79 Å². The Labute approximate surface area is 96.0 Å². The summed E-state index contributed by atoms with van der Waals surface area (Å²) in [5.41, 5.74) is 1.24. The number of carbonyl (C=O) groups excluding carboxylic acids is 1. The van der Waals surface area contributed by atoms with Gasteiger partial charge in [-0.05, 0) is 18.8 Å². The number of aryl methyl sites for hydroxylation is 1. The fourth-order valence-corrected chi connectivity index (χ4v) is 1.64. The molecule has 0 aliphatic rings. The Kier molecular flexibility index (Phi) is 4.52. The topological polar surface area (TPSA) is 52.3 Å².